The van der Waals surface area contributed by atoms with Gasteiger partial charge in [0.15, 0.2) is 0 Å². The van der Waals surface area contributed by atoms with E-state index in [1.165, 1.54) is 67.8 Å². The van der Waals surface area contributed by atoms with Crippen LogP contribution in [0.5, 0.6) is 0 Å². The van der Waals surface area contributed by atoms with Gasteiger partial charge in [-0.2, -0.15) is 0 Å². The maximum absolute atomic E-state index is 8.06. The van der Waals surface area contributed by atoms with E-state index in [1.54, 1.807) is 25.8 Å². The van der Waals surface area contributed by atoms with Gasteiger partial charge in [-0.25, -0.2) is 0 Å². The lowest BCUT2D eigenvalue weighted by atomic mass is 10.0. The minimum absolute atomic E-state index is 0.167. The van der Waals surface area contributed by atoms with Crippen molar-refractivity contribution in [3.05, 3.63) is 87.0 Å². The molecule has 3 rings (SSSR count). The van der Waals surface area contributed by atoms with E-state index in [4.69, 9.17) is 10.5 Å². The van der Waals surface area contributed by atoms with E-state index in [2.05, 4.69) is 120 Å². The molecule has 3 aromatic rings. The van der Waals surface area contributed by atoms with Crippen LogP contribution in [0.15, 0.2) is 47.4 Å². The van der Waals surface area contributed by atoms with E-state index in [9.17, 15) is 0 Å². The summed E-state index contributed by atoms with van der Waals surface area (Å²) in [5.74, 6) is 0. The third kappa shape index (κ3) is 16.6. The molecule has 0 heterocycles. The molecule has 3 aromatic carbocycles. The predicted molar refractivity (Wildman–Crippen MR) is 195 cm³/mol. The average molecular weight is 609 g/mol. The molecule has 0 aliphatic carbocycles. The van der Waals surface area contributed by atoms with Crippen molar-refractivity contribution in [1.29, 1.82) is 5.41 Å². The molecule has 0 aliphatic rings. The van der Waals surface area contributed by atoms with Crippen molar-refractivity contribution in [2.24, 2.45) is 0 Å². The third-order valence-electron chi connectivity index (χ3n) is 6.02. The normalized spacial score (nSPS) is 10.1. The fourth-order valence-corrected chi connectivity index (χ4v) is 5.32. The molecule has 0 unspecified atom stereocenters. The van der Waals surface area contributed by atoms with Crippen molar-refractivity contribution in [3.63, 3.8) is 0 Å². The molecule has 0 radical (unpaired) electrons. The predicted octanol–water partition coefficient (Wildman–Crippen LogP) is 9.68. The maximum Gasteiger partial charge on any atom is 0.0483 e. The lowest BCUT2D eigenvalue weighted by molar-refractivity contribution is 0.216. The van der Waals surface area contributed by atoms with Gasteiger partial charge in [0.05, 0.1) is 0 Å². The highest BCUT2D eigenvalue weighted by atomic mass is 32.2. The lowest BCUT2D eigenvalue weighted by Crippen LogP contribution is -2.16. The Labute approximate surface area is 268 Å². The summed E-state index contributed by atoms with van der Waals surface area (Å²) in [5.41, 5.74) is 12.7. The molecule has 0 aromatic heterocycles. The smallest absolute Gasteiger partial charge is 0.0483 e. The number of rotatable bonds is 9. The standard InChI is InChI=1S/C20H28N2.C11H16N2S.C3H8O.C3H8/c1-13-9-15(3)19(16(4)10-13)21-7-8-22-20-17(5)11-14(2)12-18(20)6;1-4-9-5-6-11(14-13(2)3)7-10(9)8-12;1-3(2)4;1-3-2/h9-12,21-22H,7-8H2,1-6H3;5-8,12H,4H2,1-3H3;3-4H,1-2H3;3H2,1-2H3. The zero-order chi connectivity index (χ0) is 33.1. The summed E-state index contributed by atoms with van der Waals surface area (Å²) >= 11 is 1.68. The van der Waals surface area contributed by atoms with Gasteiger partial charge in [-0.3, -0.25) is 4.31 Å². The van der Waals surface area contributed by atoms with Crippen LogP contribution in [0.3, 0.4) is 0 Å². The second kappa shape index (κ2) is 21.8. The van der Waals surface area contributed by atoms with Crippen molar-refractivity contribution in [2.45, 2.75) is 100 Å². The van der Waals surface area contributed by atoms with Crippen molar-refractivity contribution in [2.75, 3.05) is 37.8 Å². The first-order valence-corrected chi connectivity index (χ1v) is 16.3. The van der Waals surface area contributed by atoms with E-state index in [1.807, 2.05) is 14.1 Å². The van der Waals surface area contributed by atoms with Crippen LogP contribution in [0.4, 0.5) is 11.4 Å². The zero-order valence-electron chi connectivity index (χ0n) is 29.3. The molecule has 0 saturated carbocycles. The quantitative estimate of drug-likeness (QED) is 0.111. The second-order valence-corrected chi connectivity index (χ2v) is 12.8. The molecule has 0 amide bonds. The summed E-state index contributed by atoms with van der Waals surface area (Å²) in [7, 11) is 4.03. The first kappa shape index (κ1) is 40.2. The zero-order valence-corrected chi connectivity index (χ0v) is 30.1. The lowest BCUT2D eigenvalue weighted by Gasteiger charge is -2.17. The summed E-state index contributed by atoms with van der Waals surface area (Å²) in [6.07, 6.45) is 3.50. The minimum atomic E-state index is -0.167. The summed E-state index contributed by atoms with van der Waals surface area (Å²) in [6, 6.07) is 15.2. The van der Waals surface area contributed by atoms with E-state index in [-0.39, 0.29) is 6.10 Å². The van der Waals surface area contributed by atoms with Crippen LogP contribution in [-0.4, -0.2) is 48.9 Å². The number of aryl methyl sites for hydroxylation is 7. The third-order valence-corrected chi connectivity index (χ3v) is 6.85. The average Bonchev–Trinajstić information content (AvgIpc) is 2.89. The molecule has 4 N–H and O–H groups in total. The number of anilines is 2. The molecule has 0 spiro atoms. The van der Waals surface area contributed by atoms with Crippen LogP contribution in [0.25, 0.3) is 0 Å². The molecule has 0 bridgehead atoms. The van der Waals surface area contributed by atoms with Gasteiger partial charge in [0.1, 0.15) is 0 Å². The Morgan fingerprint density at radius 2 is 1.14 bits per heavy atom. The fraction of sp³-hybridized carbons (Fsp3) is 0.486. The largest absolute Gasteiger partial charge is 0.394 e. The molecule has 0 saturated heterocycles. The summed E-state index contributed by atoms with van der Waals surface area (Å²) in [4.78, 5) is 1.19. The highest BCUT2D eigenvalue weighted by Crippen LogP contribution is 2.24. The van der Waals surface area contributed by atoms with Gasteiger partial charge in [-0.05, 0) is 133 Å². The summed E-state index contributed by atoms with van der Waals surface area (Å²) in [6.45, 7) is 24.6. The number of benzene rings is 3. The molecule has 0 atom stereocenters. The van der Waals surface area contributed by atoms with E-state index in [0.29, 0.717) is 0 Å². The van der Waals surface area contributed by atoms with Crippen molar-refractivity contribution < 1.29 is 5.11 Å². The molecule has 0 fully saturated rings. The SMILES string of the molecule is CC(C)O.CCC.CCc1ccc(SN(C)C)cc1C=N.Cc1cc(C)c(NCCNc2c(C)cc(C)cc2C)c(C)c1. The van der Waals surface area contributed by atoms with Crippen LogP contribution >= 0.6 is 11.9 Å². The number of nitrogens with zero attached hydrogens (tertiary/aromatic N) is 1. The van der Waals surface area contributed by atoms with Crippen molar-refractivity contribution in [1.82, 2.24) is 4.31 Å². The molecule has 0 aliphatic heterocycles. The number of hydrogen-bond acceptors (Lipinski definition) is 6. The van der Waals surface area contributed by atoms with Crippen molar-refractivity contribution >= 4 is 29.5 Å². The Morgan fingerprint density at radius 3 is 1.44 bits per heavy atom. The first-order chi connectivity index (χ1) is 20.2. The maximum atomic E-state index is 8.06. The van der Waals surface area contributed by atoms with E-state index >= 15 is 0 Å². The fourth-order valence-electron chi connectivity index (χ4n) is 4.59. The Balaban J connectivity index is 0.000000716. The Bertz CT molecular complexity index is 1130. The minimum Gasteiger partial charge on any atom is -0.394 e. The van der Waals surface area contributed by atoms with Gasteiger partial charge in [0.2, 0.25) is 0 Å². The molecule has 6 heteroatoms. The molecule has 5 nitrogen and oxygen atoms in total. The van der Waals surface area contributed by atoms with Crippen molar-refractivity contribution in [3.8, 4) is 0 Å². The highest BCUT2D eigenvalue weighted by Gasteiger charge is 2.05. The van der Waals surface area contributed by atoms with Gasteiger partial charge in [0, 0.05) is 41.7 Å². The number of hydrogen-bond donors (Lipinski definition) is 4. The van der Waals surface area contributed by atoms with Gasteiger partial charge >= 0.3 is 0 Å². The summed E-state index contributed by atoms with van der Waals surface area (Å²) < 4.78 is 2.05. The molecule has 240 valence electrons. The highest BCUT2D eigenvalue weighted by molar-refractivity contribution is 7.97. The van der Waals surface area contributed by atoms with Crippen LogP contribution in [0, 0.1) is 47.0 Å². The number of aliphatic hydroxyl groups excluding tert-OH is 1. The van der Waals surface area contributed by atoms with Crippen LogP contribution in [0.2, 0.25) is 0 Å². The van der Waals surface area contributed by atoms with Gasteiger partial charge in [-0.1, -0.05) is 68.7 Å². The van der Waals surface area contributed by atoms with Gasteiger partial charge < -0.3 is 21.1 Å². The van der Waals surface area contributed by atoms with Crippen LogP contribution < -0.4 is 10.6 Å². The topological polar surface area (TPSA) is 71.4 Å². The van der Waals surface area contributed by atoms with Gasteiger partial charge in [0.25, 0.3) is 0 Å². The second-order valence-electron chi connectivity index (χ2n) is 11.5. The van der Waals surface area contributed by atoms with Crippen LogP contribution in [0.1, 0.15) is 85.5 Å². The molecule has 43 heavy (non-hydrogen) atoms. The Morgan fingerprint density at radius 1 is 0.767 bits per heavy atom. The first-order valence-electron chi connectivity index (χ1n) is 15.5. The molecular weight excluding hydrogens is 549 g/mol. The number of nitrogens with one attached hydrogen (secondary N) is 3. The number of aliphatic hydroxyl groups is 1. The van der Waals surface area contributed by atoms with Gasteiger partial charge in [-0.15, -0.1) is 0 Å². The van der Waals surface area contributed by atoms with E-state index in [0.717, 1.165) is 25.1 Å². The Kier molecular flexibility index (Phi) is 20.4. The van der Waals surface area contributed by atoms with E-state index < -0.39 is 0 Å². The Hall–Kier alpha value is -2.80. The van der Waals surface area contributed by atoms with Crippen LogP contribution in [-0.2, 0) is 6.42 Å². The monoisotopic (exact) mass is 608 g/mol. The summed E-state index contributed by atoms with van der Waals surface area (Å²) in [5, 5.41) is 22.5. The molecular formula is C37H60N4OS.